The first-order valence-corrected chi connectivity index (χ1v) is 5.02. The molecule has 0 unspecified atom stereocenters. The molecule has 0 saturated carbocycles. The fourth-order valence-electron chi connectivity index (χ4n) is 1.37. The highest BCUT2D eigenvalue weighted by molar-refractivity contribution is 7.17. The van der Waals surface area contributed by atoms with Gasteiger partial charge in [0.15, 0.2) is 0 Å². The summed E-state index contributed by atoms with van der Waals surface area (Å²) < 4.78 is 6.14. The molecule has 0 amide bonds. The van der Waals surface area contributed by atoms with E-state index in [4.69, 9.17) is 9.84 Å². The van der Waals surface area contributed by atoms with Crippen LogP contribution in [0, 0.1) is 0 Å². The molecule has 1 aromatic carbocycles. The molecule has 0 spiro atoms. The second-order valence-corrected chi connectivity index (χ2v) is 3.85. The van der Waals surface area contributed by atoms with Crippen LogP contribution < -0.4 is 4.74 Å². The highest BCUT2D eigenvalue weighted by Crippen LogP contribution is 2.36. The molecule has 1 heterocycles. The van der Waals surface area contributed by atoms with Crippen LogP contribution >= 0.6 is 11.3 Å². The number of benzene rings is 1. The summed E-state index contributed by atoms with van der Waals surface area (Å²) in [6.45, 7) is -0.151. The molecule has 0 bridgehead atoms. The Kier molecular flexibility index (Phi) is 2.31. The second kappa shape index (κ2) is 3.48. The van der Waals surface area contributed by atoms with Crippen LogP contribution in [0.3, 0.4) is 0 Å². The van der Waals surface area contributed by atoms with Crippen LogP contribution in [-0.4, -0.2) is 17.3 Å². The molecule has 0 fully saturated rings. The summed E-state index contributed by atoms with van der Waals surface area (Å²) in [7, 11) is 1.60. The zero-order chi connectivity index (χ0) is 10.1. The number of aliphatic hydroxyl groups is 1. The van der Waals surface area contributed by atoms with Gasteiger partial charge in [0.1, 0.15) is 11.5 Å². The number of methoxy groups -OCH3 is 1. The smallest absolute Gasteiger partial charge is 0.137 e. The van der Waals surface area contributed by atoms with Crippen molar-refractivity contribution in [2.24, 2.45) is 0 Å². The van der Waals surface area contributed by atoms with Crippen molar-refractivity contribution in [2.45, 2.75) is 6.61 Å². The highest BCUT2D eigenvalue weighted by Gasteiger charge is 2.08. The Bertz CT molecular complexity index is 462. The first-order valence-electron chi connectivity index (χ1n) is 4.14. The number of aliphatic hydroxyl groups excluding tert-OH is 1. The van der Waals surface area contributed by atoms with Gasteiger partial charge in [-0.25, -0.2) is 0 Å². The summed E-state index contributed by atoms with van der Waals surface area (Å²) >= 11 is 1.53. The molecule has 2 rings (SSSR count). The van der Waals surface area contributed by atoms with E-state index in [-0.39, 0.29) is 12.4 Å². The molecule has 0 aliphatic carbocycles. The number of rotatable bonds is 2. The molecule has 14 heavy (non-hydrogen) atoms. The maximum Gasteiger partial charge on any atom is 0.137 e. The van der Waals surface area contributed by atoms with Crippen LogP contribution in [0.2, 0.25) is 0 Å². The average Bonchev–Trinajstić information content (AvgIpc) is 2.58. The molecule has 0 aliphatic heterocycles. The molecule has 0 atom stereocenters. The normalized spacial score (nSPS) is 10.7. The maximum atomic E-state index is 9.54. The number of ether oxygens (including phenoxy) is 1. The fraction of sp³-hybridized carbons (Fsp3) is 0.200. The van der Waals surface area contributed by atoms with Gasteiger partial charge in [0, 0.05) is 21.0 Å². The summed E-state index contributed by atoms with van der Waals surface area (Å²) in [6.07, 6.45) is 0. The van der Waals surface area contributed by atoms with Crippen LogP contribution in [0.25, 0.3) is 10.1 Å². The third-order valence-corrected chi connectivity index (χ3v) is 3.05. The molecule has 2 N–H and O–H groups in total. The van der Waals surface area contributed by atoms with E-state index in [2.05, 4.69) is 0 Å². The van der Waals surface area contributed by atoms with E-state index >= 15 is 0 Å². The standard InChI is InChI=1S/C10H10O3S/c1-13-9-5-14-10-2-6(4-11)8(12)3-7(9)10/h2-3,5,11-12H,4H2,1H3. The molecule has 1 aromatic heterocycles. The predicted molar refractivity (Wildman–Crippen MR) is 56.0 cm³/mol. The highest BCUT2D eigenvalue weighted by atomic mass is 32.1. The molecule has 0 aliphatic rings. The van der Waals surface area contributed by atoms with Gasteiger partial charge in [-0.05, 0) is 12.1 Å². The van der Waals surface area contributed by atoms with Crippen molar-refractivity contribution in [3.05, 3.63) is 23.1 Å². The molecule has 0 saturated heterocycles. The van der Waals surface area contributed by atoms with Gasteiger partial charge in [0.2, 0.25) is 0 Å². The first kappa shape index (κ1) is 9.30. The van der Waals surface area contributed by atoms with Gasteiger partial charge in [-0.3, -0.25) is 0 Å². The Morgan fingerprint density at radius 3 is 2.86 bits per heavy atom. The van der Waals surface area contributed by atoms with E-state index in [0.29, 0.717) is 5.56 Å². The van der Waals surface area contributed by atoms with Crippen LogP contribution in [-0.2, 0) is 6.61 Å². The number of hydrogen-bond acceptors (Lipinski definition) is 4. The topological polar surface area (TPSA) is 49.7 Å². The van der Waals surface area contributed by atoms with Gasteiger partial charge in [-0.1, -0.05) is 0 Å². The SMILES string of the molecule is COc1csc2cc(CO)c(O)cc12. The largest absolute Gasteiger partial charge is 0.508 e. The van der Waals surface area contributed by atoms with E-state index in [1.165, 1.54) is 11.3 Å². The molecular formula is C10H10O3S. The molecule has 0 radical (unpaired) electrons. The van der Waals surface area contributed by atoms with Gasteiger partial charge >= 0.3 is 0 Å². The van der Waals surface area contributed by atoms with Crippen molar-refractivity contribution in [3.8, 4) is 11.5 Å². The minimum Gasteiger partial charge on any atom is -0.508 e. The Balaban J connectivity index is 2.69. The van der Waals surface area contributed by atoms with Gasteiger partial charge < -0.3 is 14.9 Å². The number of aromatic hydroxyl groups is 1. The predicted octanol–water partition coefficient (Wildman–Crippen LogP) is 2.11. The van der Waals surface area contributed by atoms with E-state index in [1.807, 2.05) is 5.38 Å². The maximum absolute atomic E-state index is 9.54. The van der Waals surface area contributed by atoms with E-state index in [0.717, 1.165) is 15.8 Å². The van der Waals surface area contributed by atoms with Gasteiger partial charge in [-0.2, -0.15) is 0 Å². The van der Waals surface area contributed by atoms with Gasteiger partial charge in [0.05, 0.1) is 13.7 Å². The van der Waals surface area contributed by atoms with E-state index < -0.39 is 0 Å². The van der Waals surface area contributed by atoms with Crippen molar-refractivity contribution < 1.29 is 14.9 Å². The minimum atomic E-state index is -0.151. The number of fused-ring (bicyclic) bond motifs is 1. The van der Waals surface area contributed by atoms with Crippen molar-refractivity contribution >= 4 is 21.4 Å². The quantitative estimate of drug-likeness (QED) is 0.798. The Morgan fingerprint density at radius 2 is 2.21 bits per heavy atom. The second-order valence-electron chi connectivity index (χ2n) is 2.94. The summed E-state index contributed by atoms with van der Waals surface area (Å²) in [5, 5.41) is 21.3. The minimum absolute atomic E-state index is 0.108. The summed E-state index contributed by atoms with van der Waals surface area (Å²) in [4.78, 5) is 0. The fourth-order valence-corrected chi connectivity index (χ4v) is 2.32. The van der Waals surface area contributed by atoms with Crippen LogP contribution in [0.1, 0.15) is 5.56 Å². The number of phenols is 1. The Labute approximate surface area is 85.2 Å². The first-order chi connectivity index (χ1) is 6.76. The van der Waals surface area contributed by atoms with Gasteiger partial charge in [-0.15, -0.1) is 11.3 Å². The van der Waals surface area contributed by atoms with Crippen molar-refractivity contribution in [2.75, 3.05) is 7.11 Å². The third-order valence-electron chi connectivity index (χ3n) is 2.13. The van der Waals surface area contributed by atoms with Crippen LogP contribution in [0.15, 0.2) is 17.5 Å². The van der Waals surface area contributed by atoms with Gasteiger partial charge in [0.25, 0.3) is 0 Å². The lowest BCUT2D eigenvalue weighted by atomic mass is 10.1. The molecule has 74 valence electrons. The third kappa shape index (κ3) is 1.32. The molecular weight excluding hydrogens is 200 g/mol. The average molecular weight is 210 g/mol. The van der Waals surface area contributed by atoms with Crippen molar-refractivity contribution in [1.29, 1.82) is 0 Å². The van der Waals surface area contributed by atoms with E-state index in [1.54, 1.807) is 19.2 Å². The monoisotopic (exact) mass is 210 g/mol. The summed E-state index contributed by atoms with van der Waals surface area (Å²) in [5.74, 6) is 0.862. The Morgan fingerprint density at radius 1 is 1.43 bits per heavy atom. The number of thiophene rings is 1. The van der Waals surface area contributed by atoms with Crippen LogP contribution in [0.5, 0.6) is 11.5 Å². The summed E-state index contributed by atoms with van der Waals surface area (Å²) in [6, 6.07) is 3.40. The lowest BCUT2D eigenvalue weighted by Gasteiger charge is -2.02. The summed E-state index contributed by atoms with van der Waals surface area (Å²) in [5.41, 5.74) is 0.544. The lowest BCUT2D eigenvalue weighted by molar-refractivity contribution is 0.276. The molecule has 3 nitrogen and oxygen atoms in total. The van der Waals surface area contributed by atoms with Crippen molar-refractivity contribution in [1.82, 2.24) is 0 Å². The zero-order valence-corrected chi connectivity index (χ0v) is 8.47. The number of hydrogen-bond donors (Lipinski definition) is 2. The van der Waals surface area contributed by atoms with Crippen molar-refractivity contribution in [3.63, 3.8) is 0 Å². The Hall–Kier alpha value is -1.26. The van der Waals surface area contributed by atoms with Crippen LogP contribution in [0.4, 0.5) is 0 Å². The van der Waals surface area contributed by atoms with E-state index in [9.17, 15) is 5.11 Å². The lowest BCUT2D eigenvalue weighted by Crippen LogP contribution is -1.84. The zero-order valence-electron chi connectivity index (χ0n) is 7.65. The molecule has 2 aromatic rings. The molecule has 4 heteroatoms.